The van der Waals surface area contributed by atoms with Crippen LogP contribution in [0.2, 0.25) is 5.02 Å². The lowest BCUT2D eigenvalue weighted by molar-refractivity contribution is -0.137. The maximum atomic E-state index is 14.8. The Morgan fingerprint density at radius 1 is 1.05 bits per heavy atom. The number of phenolic OH excluding ortho intramolecular Hbond substituents is 1. The molecule has 0 atom stereocenters. The molecule has 0 aromatic heterocycles. The Kier molecular flexibility index (Phi) is 6.71. The third kappa shape index (κ3) is 5.14. The van der Waals surface area contributed by atoms with Gasteiger partial charge in [-0.3, -0.25) is 9.52 Å². The van der Waals surface area contributed by atoms with Gasteiger partial charge in [0, 0.05) is 29.8 Å². The van der Waals surface area contributed by atoms with E-state index >= 15 is 0 Å². The molecule has 0 radical (unpaired) electrons. The van der Waals surface area contributed by atoms with Crippen LogP contribution >= 0.6 is 11.6 Å². The highest BCUT2D eigenvalue weighted by Crippen LogP contribution is 2.40. The smallest absolute Gasteiger partial charge is 0.416 e. The number of carbonyl (C=O) groups excluding carboxylic acids is 1. The fourth-order valence-electron chi connectivity index (χ4n) is 3.59. The van der Waals surface area contributed by atoms with Gasteiger partial charge >= 0.3 is 6.18 Å². The number of likely N-dealkylation sites (N-methyl/N-ethyl adjacent to an activating group) is 1. The maximum Gasteiger partial charge on any atom is 0.416 e. The molecule has 0 aliphatic carbocycles. The predicted octanol–water partition coefficient (Wildman–Crippen LogP) is 5.27. The van der Waals surface area contributed by atoms with Crippen molar-refractivity contribution in [3.63, 3.8) is 0 Å². The van der Waals surface area contributed by atoms with E-state index in [0.717, 1.165) is 23.1 Å². The topological polar surface area (TPSA) is 95.9 Å². The summed E-state index contributed by atoms with van der Waals surface area (Å²) in [6.45, 7) is -0.388. The highest BCUT2D eigenvalue weighted by molar-refractivity contribution is 7.92. The van der Waals surface area contributed by atoms with Crippen molar-refractivity contribution in [2.75, 3.05) is 24.9 Å². The van der Waals surface area contributed by atoms with Crippen molar-refractivity contribution >= 4 is 33.2 Å². The number of amides is 1. The normalized spacial score (nSPS) is 15.6. The highest BCUT2D eigenvalue weighted by Gasteiger charge is 2.32. The highest BCUT2D eigenvalue weighted by atomic mass is 35.5. The summed E-state index contributed by atoms with van der Waals surface area (Å²) in [5.74, 6) is -4.61. The number of phenols is 1. The van der Waals surface area contributed by atoms with Gasteiger partial charge in [0.25, 0.3) is 15.9 Å². The number of anilines is 1. The Labute approximate surface area is 212 Å². The van der Waals surface area contributed by atoms with Gasteiger partial charge < -0.3 is 14.7 Å². The number of fused-ring (bicyclic) bond motifs is 6. The quantitative estimate of drug-likeness (QED) is 0.364. The molecule has 4 bridgehead atoms. The summed E-state index contributed by atoms with van der Waals surface area (Å²) in [6, 6.07) is 4.99. The molecule has 1 heterocycles. The number of hydrogen-bond acceptors (Lipinski definition) is 5. The molecule has 0 fully saturated rings. The number of benzene rings is 3. The minimum absolute atomic E-state index is 0.130. The molecule has 4 rings (SSSR count). The Morgan fingerprint density at radius 2 is 1.76 bits per heavy atom. The van der Waals surface area contributed by atoms with Gasteiger partial charge in [0.1, 0.15) is 28.9 Å². The van der Waals surface area contributed by atoms with Gasteiger partial charge in [-0.25, -0.2) is 17.2 Å². The van der Waals surface area contributed by atoms with Gasteiger partial charge in [0.2, 0.25) is 0 Å². The van der Waals surface area contributed by atoms with E-state index < -0.39 is 71.8 Å². The summed E-state index contributed by atoms with van der Waals surface area (Å²) >= 11 is 5.93. The van der Waals surface area contributed by atoms with Crippen molar-refractivity contribution in [2.45, 2.75) is 11.1 Å². The van der Waals surface area contributed by atoms with Crippen molar-refractivity contribution in [3.8, 4) is 22.6 Å². The molecule has 0 unspecified atom stereocenters. The van der Waals surface area contributed by atoms with Crippen LogP contribution in [0.15, 0.2) is 47.4 Å². The molecule has 37 heavy (non-hydrogen) atoms. The Balaban J connectivity index is 1.98. The average Bonchev–Trinajstić information content (AvgIpc) is 2.80. The Bertz CT molecular complexity index is 1530. The molecular formula is C23H16ClF5N2O5S. The van der Waals surface area contributed by atoms with Crippen LogP contribution in [-0.2, 0) is 16.2 Å². The number of rotatable bonds is 0. The second-order valence-corrected chi connectivity index (χ2v) is 10.1. The maximum absolute atomic E-state index is 14.8. The first-order valence-electron chi connectivity index (χ1n) is 10.3. The zero-order chi connectivity index (χ0) is 27.3. The Morgan fingerprint density at radius 3 is 2.43 bits per heavy atom. The summed E-state index contributed by atoms with van der Waals surface area (Å²) < 4.78 is 103. The minimum Gasteiger partial charge on any atom is -0.505 e. The summed E-state index contributed by atoms with van der Waals surface area (Å²) in [6.07, 6.45) is -4.82. The van der Waals surface area contributed by atoms with Crippen molar-refractivity contribution in [3.05, 3.63) is 70.2 Å². The average molecular weight is 563 g/mol. The minimum atomic E-state index is -4.84. The molecule has 196 valence electrons. The second-order valence-electron chi connectivity index (χ2n) is 8.01. The van der Waals surface area contributed by atoms with Crippen LogP contribution in [-0.4, -0.2) is 44.5 Å². The number of aromatic hydroxyl groups is 1. The van der Waals surface area contributed by atoms with Crippen LogP contribution < -0.4 is 9.46 Å². The monoisotopic (exact) mass is 562 g/mol. The van der Waals surface area contributed by atoms with Gasteiger partial charge in [-0.2, -0.15) is 13.2 Å². The van der Waals surface area contributed by atoms with Gasteiger partial charge in [-0.15, -0.1) is 0 Å². The molecule has 0 spiro atoms. The summed E-state index contributed by atoms with van der Waals surface area (Å²) in [4.78, 5) is 13.1. The number of nitrogens with zero attached hydrogens (tertiary/aromatic N) is 1. The lowest BCUT2D eigenvalue weighted by atomic mass is 10.00. The van der Waals surface area contributed by atoms with Crippen LogP contribution in [0.3, 0.4) is 0 Å². The summed E-state index contributed by atoms with van der Waals surface area (Å²) in [7, 11) is -3.51. The predicted molar refractivity (Wildman–Crippen MR) is 123 cm³/mol. The van der Waals surface area contributed by atoms with Crippen molar-refractivity contribution in [1.29, 1.82) is 0 Å². The van der Waals surface area contributed by atoms with E-state index in [1.165, 1.54) is 7.05 Å². The number of halogens is 6. The van der Waals surface area contributed by atoms with Gasteiger partial charge in [0.05, 0.1) is 22.8 Å². The van der Waals surface area contributed by atoms with Crippen LogP contribution in [0, 0.1) is 11.6 Å². The van der Waals surface area contributed by atoms with E-state index in [1.54, 1.807) is 0 Å². The first-order valence-corrected chi connectivity index (χ1v) is 12.2. The lowest BCUT2D eigenvalue weighted by Gasteiger charge is -2.20. The van der Waals surface area contributed by atoms with Crippen molar-refractivity contribution in [1.82, 2.24) is 4.90 Å². The van der Waals surface area contributed by atoms with Crippen LogP contribution in [0.5, 0.6) is 11.5 Å². The van der Waals surface area contributed by atoms with Crippen LogP contribution in [0.1, 0.15) is 15.9 Å². The largest absolute Gasteiger partial charge is 0.505 e. The molecule has 3 aromatic rings. The van der Waals surface area contributed by atoms with Crippen molar-refractivity contribution in [2.24, 2.45) is 0 Å². The number of sulfonamides is 1. The standard InChI is InChI=1S/C23H16ClF5N2O5S/c1-31-4-5-36-19-3-2-12(23(27,28)29)8-14(19)13-9-18(17(26)10-16(13)25)30-37(34,35)20-7-11(22(31)33)6-15(24)21(20)32/h2-3,6-10,30,32H,4-5H2,1H3. The third-order valence-corrected chi connectivity index (χ3v) is 7.16. The van der Waals surface area contributed by atoms with Crippen LogP contribution in [0.25, 0.3) is 11.1 Å². The molecular weight excluding hydrogens is 547 g/mol. The van der Waals surface area contributed by atoms with E-state index in [0.29, 0.717) is 18.2 Å². The van der Waals surface area contributed by atoms with E-state index in [1.807, 2.05) is 4.72 Å². The molecule has 1 aliphatic rings. The van der Waals surface area contributed by atoms with E-state index in [9.17, 15) is 40.3 Å². The zero-order valence-corrected chi connectivity index (χ0v) is 20.2. The van der Waals surface area contributed by atoms with Gasteiger partial charge in [0.15, 0.2) is 5.75 Å². The third-order valence-electron chi connectivity index (χ3n) is 5.49. The number of nitrogens with one attached hydrogen (secondary N) is 1. The number of carbonyl (C=O) groups is 1. The zero-order valence-electron chi connectivity index (χ0n) is 18.7. The summed E-state index contributed by atoms with van der Waals surface area (Å²) in [5.41, 5.74) is -3.30. The van der Waals surface area contributed by atoms with Gasteiger partial charge in [-0.1, -0.05) is 11.6 Å². The fourth-order valence-corrected chi connectivity index (χ4v) is 5.07. The molecule has 0 saturated heterocycles. The molecule has 0 saturated carbocycles. The van der Waals surface area contributed by atoms with Crippen LogP contribution in [0.4, 0.5) is 27.6 Å². The first-order chi connectivity index (χ1) is 17.2. The number of ether oxygens (including phenoxy) is 1. The Hall–Kier alpha value is -3.58. The van der Waals surface area contributed by atoms with E-state index in [4.69, 9.17) is 16.3 Å². The number of hydrogen-bond donors (Lipinski definition) is 2. The molecule has 14 heteroatoms. The molecule has 7 nitrogen and oxygen atoms in total. The van der Waals surface area contributed by atoms with Gasteiger partial charge in [-0.05, 0) is 36.4 Å². The van der Waals surface area contributed by atoms with Crippen molar-refractivity contribution < 1.29 is 45.0 Å². The first kappa shape index (κ1) is 26.5. The van der Waals surface area contributed by atoms with E-state index in [-0.39, 0.29) is 30.5 Å². The molecule has 1 aliphatic heterocycles. The number of alkyl halides is 3. The van der Waals surface area contributed by atoms with E-state index in [2.05, 4.69) is 0 Å². The molecule has 3 aromatic carbocycles. The summed E-state index contributed by atoms with van der Waals surface area (Å²) in [5, 5.41) is 9.77. The lowest BCUT2D eigenvalue weighted by Crippen LogP contribution is -2.31. The SMILES string of the molecule is CN1CCOc2ccc(C(F)(F)F)cc2-c2cc(c(F)cc2F)NS(=O)(=O)c2cc(cc(Cl)c2O)C1=O. The second kappa shape index (κ2) is 9.38. The fraction of sp³-hybridized carbons (Fsp3) is 0.174. The molecule has 2 N–H and O–H groups in total. The molecule has 1 amide bonds.